The smallest absolute Gasteiger partial charge is 0.186 e. The van der Waals surface area contributed by atoms with Crippen molar-refractivity contribution in [1.82, 2.24) is 0 Å². The molecule has 0 radical (unpaired) electrons. The Kier molecular flexibility index (Phi) is 1.42. The third-order valence-corrected chi connectivity index (χ3v) is 1.87. The summed E-state index contributed by atoms with van der Waals surface area (Å²) in [6, 6.07) is 0. The van der Waals surface area contributed by atoms with E-state index in [1.165, 1.54) is 0 Å². The summed E-state index contributed by atoms with van der Waals surface area (Å²) < 4.78 is 15.1. The number of fused-ring (bicyclic) bond motifs is 1. The van der Waals surface area contributed by atoms with Crippen LogP contribution in [0, 0.1) is 0 Å². The lowest BCUT2D eigenvalue weighted by Crippen LogP contribution is -2.38. The Morgan fingerprint density at radius 2 is 2.30 bits per heavy atom. The van der Waals surface area contributed by atoms with E-state index >= 15 is 0 Å². The van der Waals surface area contributed by atoms with E-state index in [2.05, 4.69) is 0 Å². The highest BCUT2D eigenvalue weighted by atomic mass is 16.7. The normalized spacial score (nSPS) is 52.2. The van der Waals surface area contributed by atoms with E-state index in [9.17, 15) is 0 Å². The average Bonchev–Trinajstić information content (AvgIpc) is 2.68. The van der Waals surface area contributed by atoms with E-state index < -0.39 is 6.10 Å². The van der Waals surface area contributed by atoms with Gasteiger partial charge < -0.3 is 19.3 Å². The van der Waals surface area contributed by atoms with Crippen molar-refractivity contribution in [3.8, 4) is 0 Å². The fraction of sp³-hybridized carbons (Fsp3) is 1.00. The van der Waals surface area contributed by atoms with Crippen LogP contribution in [0.2, 0.25) is 0 Å². The second-order valence-corrected chi connectivity index (χ2v) is 2.57. The summed E-state index contributed by atoms with van der Waals surface area (Å²) in [6.07, 6.45) is -0.808. The molecule has 0 amide bonds. The van der Waals surface area contributed by atoms with Crippen LogP contribution in [0.25, 0.3) is 0 Å². The lowest BCUT2D eigenvalue weighted by atomic mass is 10.1. The summed E-state index contributed by atoms with van der Waals surface area (Å²) in [6.45, 7) is 0.319. The third kappa shape index (κ3) is 0.845. The van der Waals surface area contributed by atoms with Gasteiger partial charge in [0.25, 0.3) is 0 Å². The first-order chi connectivity index (χ1) is 4.83. The zero-order chi connectivity index (χ0) is 7.14. The Balaban J connectivity index is 1.95. The molecule has 1 N–H and O–H groups in total. The summed E-state index contributed by atoms with van der Waals surface area (Å²) in [5, 5.41) is 9.13. The summed E-state index contributed by atoms with van der Waals surface area (Å²) in [7, 11) is 1.57. The quantitative estimate of drug-likeness (QED) is 0.488. The highest BCUT2D eigenvalue weighted by Crippen LogP contribution is 2.34. The van der Waals surface area contributed by atoms with Crippen LogP contribution in [0.4, 0.5) is 0 Å². The number of hydrogen-bond donors (Lipinski definition) is 1. The minimum Gasteiger partial charge on any atom is -0.388 e. The predicted octanol–water partition coefficient (Wildman–Crippen LogP) is -0.883. The Morgan fingerprint density at radius 1 is 1.50 bits per heavy atom. The van der Waals surface area contributed by atoms with E-state index in [1.807, 2.05) is 0 Å². The molecule has 10 heavy (non-hydrogen) atoms. The Labute approximate surface area is 58.7 Å². The molecule has 0 saturated carbocycles. The SMILES string of the molecule is CO[C@@H]1OCC(O)[C@H]2O[C@@H]12. The number of rotatable bonds is 1. The van der Waals surface area contributed by atoms with Crippen LogP contribution < -0.4 is 0 Å². The number of epoxide rings is 1. The van der Waals surface area contributed by atoms with Gasteiger partial charge in [0.2, 0.25) is 0 Å². The fourth-order valence-electron chi connectivity index (χ4n) is 1.25. The summed E-state index contributed by atoms with van der Waals surface area (Å²) in [5.74, 6) is 0. The molecule has 0 spiro atoms. The number of aliphatic hydroxyl groups excluding tert-OH is 1. The number of aliphatic hydroxyl groups is 1. The predicted molar refractivity (Wildman–Crippen MR) is 31.4 cm³/mol. The largest absolute Gasteiger partial charge is 0.388 e. The molecule has 4 heteroatoms. The van der Waals surface area contributed by atoms with Crippen LogP contribution >= 0.6 is 0 Å². The maximum absolute atomic E-state index is 9.13. The van der Waals surface area contributed by atoms with Crippen molar-refractivity contribution < 1.29 is 19.3 Å². The van der Waals surface area contributed by atoms with Crippen molar-refractivity contribution in [2.75, 3.05) is 13.7 Å². The zero-order valence-corrected chi connectivity index (χ0v) is 5.69. The van der Waals surface area contributed by atoms with E-state index in [4.69, 9.17) is 19.3 Å². The van der Waals surface area contributed by atoms with Gasteiger partial charge in [0.15, 0.2) is 6.29 Å². The van der Waals surface area contributed by atoms with Crippen molar-refractivity contribution in [3.05, 3.63) is 0 Å². The van der Waals surface area contributed by atoms with Crippen LogP contribution in [-0.4, -0.2) is 43.4 Å². The summed E-state index contributed by atoms with van der Waals surface area (Å²) >= 11 is 0. The first-order valence-electron chi connectivity index (χ1n) is 3.31. The summed E-state index contributed by atoms with van der Waals surface area (Å²) in [4.78, 5) is 0. The molecular formula is C6H10O4. The Hall–Kier alpha value is -0.160. The lowest BCUT2D eigenvalue weighted by Gasteiger charge is -2.20. The Morgan fingerprint density at radius 3 is 3.00 bits per heavy atom. The van der Waals surface area contributed by atoms with Gasteiger partial charge in [-0.15, -0.1) is 0 Å². The van der Waals surface area contributed by atoms with Crippen LogP contribution in [0.1, 0.15) is 0 Å². The van der Waals surface area contributed by atoms with Crippen LogP contribution in [-0.2, 0) is 14.2 Å². The third-order valence-electron chi connectivity index (χ3n) is 1.87. The molecule has 1 unspecified atom stereocenters. The van der Waals surface area contributed by atoms with Gasteiger partial charge in [-0.25, -0.2) is 0 Å². The van der Waals surface area contributed by atoms with E-state index in [0.29, 0.717) is 6.61 Å². The van der Waals surface area contributed by atoms with Gasteiger partial charge in [-0.2, -0.15) is 0 Å². The minimum atomic E-state index is -0.462. The minimum absolute atomic E-state index is 0.0336. The molecular weight excluding hydrogens is 136 g/mol. The standard InChI is InChI=1S/C6H10O4/c1-8-6-5-4(10-5)3(7)2-9-6/h3-7H,2H2,1H3/t3?,4-,5-,6-/m1/s1. The number of methoxy groups -OCH3 is 1. The molecule has 2 aliphatic rings. The van der Waals surface area contributed by atoms with Gasteiger partial charge >= 0.3 is 0 Å². The van der Waals surface area contributed by atoms with Gasteiger partial charge in [0.1, 0.15) is 18.3 Å². The molecule has 2 aliphatic heterocycles. The number of ether oxygens (including phenoxy) is 3. The van der Waals surface area contributed by atoms with Gasteiger partial charge in [0, 0.05) is 7.11 Å². The second kappa shape index (κ2) is 2.17. The first kappa shape index (κ1) is 6.54. The average molecular weight is 146 g/mol. The maximum atomic E-state index is 9.13. The van der Waals surface area contributed by atoms with Crippen molar-refractivity contribution in [3.63, 3.8) is 0 Å². The molecule has 0 aromatic carbocycles. The van der Waals surface area contributed by atoms with Gasteiger partial charge in [0.05, 0.1) is 6.61 Å². The van der Waals surface area contributed by atoms with Gasteiger partial charge in [-0.3, -0.25) is 0 Å². The molecule has 2 fully saturated rings. The molecule has 58 valence electrons. The lowest BCUT2D eigenvalue weighted by molar-refractivity contribution is -0.161. The second-order valence-electron chi connectivity index (χ2n) is 2.57. The molecule has 2 heterocycles. The highest BCUT2D eigenvalue weighted by Gasteiger charge is 2.53. The molecule has 0 aromatic heterocycles. The molecule has 4 nitrogen and oxygen atoms in total. The van der Waals surface area contributed by atoms with Crippen LogP contribution in [0.15, 0.2) is 0 Å². The molecule has 0 aromatic rings. The molecule has 0 bridgehead atoms. The maximum Gasteiger partial charge on any atom is 0.186 e. The van der Waals surface area contributed by atoms with Crippen LogP contribution in [0.5, 0.6) is 0 Å². The zero-order valence-electron chi connectivity index (χ0n) is 5.69. The van der Waals surface area contributed by atoms with Crippen molar-refractivity contribution in [2.45, 2.75) is 24.6 Å². The molecule has 0 aliphatic carbocycles. The fourth-order valence-corrected chi connectivity index (χ4v) is 1.25. The van der Waals surface area contributed by atoms with Crippen molar-refractivity contribution >= 4 is 0 Å². The monoisotopic (exact) mass is 146 g/mol. The van der Waals surface area contributed by atoms with Crippen LogP contribution in [0.3, 0.4) is 0 Å². The van der Waals surface area contributed by atoms with Crippen molar-refractivity contribution in [2.24, 2.45) is 0 Å². The Bertz CT molecular complexity index is 138. The van der Waals surface area contributed by atoms with Gasteiger partial charge in [-0.05, 0) is 0 Å². The first-order valence-corrected chi connectivity index (χ1v) is 3.31. The van der Waals surface area contributed by atoms with E-state index in [0.717, 1.165) is 0 Å². The number of hydrogen-bond acceptors (Lipinski definition) is 4. The topological polar surface area (TPSA) is 51.2 Å². The summed E-state index contributed by atoms with van der Waals surface area (Å²) in [5.41, 5.74) is 0. The highest BCUT2D eigenvalue weighted by molar-refractivity contribution is 4.96. The van der Waals surface area contributed by atoms with Crippen molar-refractivity contribution in [1.29, 1.82) is 0 Å². The molecule has 4 atom stereocenters. The molecule has 2 saturated heterocycles. The molecule has 2 rings (SSSR count). The van der Waals surface area contributed by atoms with E-state index in [-0.39, 0.29) is 18.5 Å². The van der Waals surface area contributed by atoms with E-state index in [1.54, 1.807) is 7.11 Å². The van der Waals surface area contributed by atoms with Gasteiger partial charge in [-0.1, -0.05) is 0 Å².